The molecular weight excluding hydrogens is 196 g/mol. The highest BCUT2D eigenvalue weighted by Gasteiger charge is 2.21. The zero-order chi connectivity index (χ0) is 10.4. The van der Waals surface area contributed by atoms with E-state index in [4.69, 9.17) is 15.3 Å². The molecule has 0 aliphatic carbocycles. The Bertz CT molecular complexity index is 193. The summed E-state index contributed by atoms with van der Waals surface area (Å²) in [5, 5.41) is 25.6. The maximum Gasteiger partial charge on any atom is 0.353 e. The summed E-state index contributed by atoms with van der Waals surface area (Å²) in [6, 6.07) is 0. The summed E-state index contributed by atoms with van der Waals surface area (Å²) in [5.74, 6) is -1.69. The molecule has 0 spiro atoms. The molecule has 0 aromatic rings. The molecule has 0 saturated heterocycles. The van der Waals surface area contributed by atoms with Gasteiger partial charge in [0.25, 0.3) is 0 Å². The third-order valence-corrected chi connectivity index (χ3v) is 3.07. The van der Waals surface area contributed by atoms with E-state index in [2.05, 4.69) is 0 Å². The van der Waals surface area contributed by atoms with Crippen LogP contribution in [0, 0.1) is 0 Å². The van der Waals surface area contributed by atoms with Crippen molar-refractivity contribution in [3.05, 3.63) is 0 Å². The first-order chi connectivity index (χ1) is 5.93. The van der Waals surface area contributed by atoms with Crippen molar-refractivity contribution in [2.75, 3.05) is 17.8 Å². The second-order valence-corrected chi connectivity index (χ2v) is 4.93. The fourth-order valence-electron chi connectivity index (χ4n) is 0.719. The van der Waals surface area contributed by atoms with E-state index in [0.29, 0.717) is 5.75 Å². The van der Waals surface area contributed by atoms with E-state index in [0.717, 1.165) is 0 Å². The number of hydrogen-bond acceptors (Lipinski definition) is 3. The van der Waals surface area contributed by atoms with Crippen LogP contribution in [0.4, 0.5) is 0 Å². The van der Waals surface area contributed by atoms with Gasteiger partial charge in [0.15, 0.2) is 6.10 Å². The van der Waals surface area contributed by atoms with Crippen LogP contribution in [-0.4, -0.2) is 51.1 Å². The maximum atomic E-state index is 10.2. The Morgan fingerprint density at radius 1 is 1.38 bits per heavy atom. The molecule has 0 radical (unpaired) electrons. The molecule has 3 N–H and O–H groups in total. The van der Waals surface area contributed by atoms with Gasteiger partial charge in [-0.05, 0) is 10.9 Å². The highest BCUT2D eigenvalue weighted by molar-refractivity contribution is 7.96. The molecule has 2 atom stereocenters. The first-order valence-electron chi connectivity index (χ1n) is 3.65. The number of carboxylic acid groups (broad SMARTS) is 2. The molecule has 0 aromatic heterocycles. The lowest BCUT2D eigenvalue weighted by Gasteiger charge is -2.03. The third-order valence-electron chi connectivity index (χ3n) is 1.39. The summed E-state index contributed by atoms with van der Waals surface area (Å²) in [7, 11) is -0.360. The number of hydrogen-bond donors (Lipinski definition) is 3. The van der Waals surface area contributed by atoms with Crippen LogP contribution in [0.5, 0.6) is 0 Å². The Labute approximate surface area is 78.7 Å². The van der Waals surface area contributed by atoms with Crippen molar-refractivity contribution >= 4 is 22.8 Å². The first-order valence-corrected chi connectivity index (χ1v) is 5.62. The molecule has 0 aromatic carbocycles. The van der Waals surface area contributed by atoms with Gasteiger partial charge in [0.1, 0.15) is 5.75 Å². The quantitative estimate of drug-likeness (QED) is 0.495. The van der Waals surface area contributed by atoms with E-state index in [9.17, 15) is 9.59 Å². The van der Waals surface area contributed by atoms with Crippen LogP contribution >= 0.6 is 0 Å². The maximum absolute atomic E-state index is 10.2. The number of aliphatic carboxylic acids is 2. The molecular formula is C7H13O5S+. The summed E-state index contributed by atoms with van der Waals surface area (Å²) in [4.78, 5) is 20.4. The minimum absolute atomic E-state index is 0.0341. The lowest BCUT2D eigenvalue weighted by molar-refractivity contribution is -0.146. The second kappa shape index (κ2) is 5.82. The van der Waals surface area contributed by atoms with Crippen LogP contribution in [0.15, 0.2) is 0 Å². The lowest BCUT2D eigenvalue weighted by Crippen LogP contribution is -2.25. The molecule has 0 rings (SSSR count). The molecule has 0 aliphatic heterocycles. The van der Waals surface area contributed by atoms with Gasteiger partial charge >= 0.3 is 11.9 Å². The first kappa shape index (κ1) is 12.2. The van der Waals surface area contributed by atoms with Gasteiger partial charge in [-0.2, -0.15) is 0 Å². The van der Waals surface area contributed by atoms with Crippen molar-refractivity contribution < 1.29 is 24.9 Å². The van der Waals surface area contributed by atoms with Gasteiger partial charge in [0, 0.05) is 6.42 Å². The number of rotatable bonds is 6. The predicted molar refractivity (Wildman–Crippen MR) is 48.9 cm³/mol. The van der Waals surface area contributed by atoms with E-state index >= 15 is 0 Å². The Hall–Kier alpha value is -0.750. The van der Waals surface area contributed by atoms with Crippen molar-refractivity contribution in [2.45, 2.75) is 12.5 Å². The largest absolute Gasteiger partial charge is 0.479 e. The molecule has 0 heterocycles. The Balaban J connectivity index is 3.63. The van der Waals surface area contributed by atoms with Crippen molar-refractivity contribution in [1.29, 1.82) is 0 Å². The predicted octanol–water partition coefficient (Wildman–Crippen LogP) is -0.845. The van der Waals surface area contributed by atoms with Gasteiger partial charge in [-0.15, -0.1) is 0 Å². The van der Waals surface area contributed by atoms with E-state index in [1.54, 1.807) is 6.26 Å². The number of aliphatic hydroxyl groups excluding tert-OH is 1. The monoisotopic (exact) mass is 209 g/mol. The van der Waals surface area contributed by atoms with Crippen LogP contribution in [0.3, 0.4) is 0 Å². The van der Waals surface area contributed by atoms with Crippen molar-refractivity contribution in [3.63, 3.8) is 0 Å². The van der Waals surface area contributed by atoms with E-state index in [-0.39, 0.29) is 23.1 Å². The van der Waals surface area contributed by atoms with Gasteiger partial charge in [0.2, 0.25) is 5.75 Å². The van der Waals surface area contributed by atoms with Gasteiger partial charge in [-0.25, -0.2) is 9.59 Å². The summed E-state index contributed by atoms with van der Waals surface area (Å²) in [6.45, 7) is 0. The normalized spacial score (nSPS) is 14.9. The van der Waals surface area contributed by atoms with E-state index in [1.165, 1.54) is 0 Å². The van der Waals surface area contributed by atoms with Gasteiger partial charge < -0.3 is 15.3 Å². The van der Waals surface area contributed by atoms with Crippen LogP contribution in [0.2, 0.25) is 0 Å². The zero-order valence-corrected chi connectivity index (χ0v) is 8.08. The molecule has 5 nitrogen and oxygen atoms in total. The lowest BCUT2D eigenvalue weighted by atomic mass is 10.3. The molecule has 0 amide bonds. The number of carbonyl (C=O) groups is 2. The molecule has 76 valence electrons. The van der Waals surface area contributed by atoms with Crippen molar-refractivity contribution in [3.8, 4) is 0 Å². The van der Waals surface area contributed by atoms with Gasteiger partial charge in [0.05, 0.1) is 6.26 Å². The summed E-state index contributed by atoms with van der Waals surface area (Å²) in [6.07, 6.45) is 0.481. The van der Waals surface area contributed by atoms with Crippen LogP contribution in [0.25, 0.3) is 0 Å². The van der Waals surface area contributed by atoms with E-state index < -0.39 is 18.0 Å². The number of carboxylic acids is 2. The van der Waals surface area contributed by atoms with Crippen LogP contribution < -0.4 is 0 Å². The molecule has 0 aliphatic rings. The Kier molecular flexibility index (Phi) is 5.48. The second-order valence-electron chi connectivity index (χ2n) is 2.67. The third kappa shape index (κ3) is 6.41. The van der Waals surface area contributed by atoms with E-state index in [1.807, 2.05) is 0 Å². The SMILES string of the molecule is C[S+](CCC(O)C(=O)O)CC(=O)O. The highest BCUT2D eigenvalue weighted by atomic mass is 32.2. The molecule has 0 fully saturated rings. The van der Waals surface area contributed by atoms with Crippen molar-refractivity contribution in [1.82, 2.24) is 0 Å². The van der Waals surface area contributed by atoms with Gasteiger partial charge in [-0.3, -0.25) is 0 Å². The minimum Gasteiger partial charge on any atom is -0.479 e. The summed E-state index contributed by atoms with van der Waals surface area (Å²) < 4.78 is 0. The standard InChI is InChI=1S/C7H12O5S/c1-13(4-6(9)10)3-2-5(8)7(11)12/h5,8H,2-4H2,1H3,(H-,9,10,11,12)/p+1. The van der Waals surface area contributed by atoms with Crippen molar-refractivity contribution in [2.24, 2.45) is 0 Å². The summed E-state index contributed by atoms with van der Waals surface area (Å²) in [5.41, 5.74) is 0. The topological polar surface area (TPSA) is 94.8 Å². The molecule has 6 heteroatoms. The molecule has 0 saturated carbocycles. The van der Waals surface area contributed by atoms with Crippen LogP contribution in [0.1, 0.15) is 6.42 Å². The Morgan fingerprint density at radius 2 is 1.92 bits per heavy atom. The fourth-order valence-corrected chi connectivity index (χ4v) is 1.91. The molecule has 2 unspecified atom stereocenters. The van der Waals surface area contributed by atoms with Gasteiger partial charge in [-0.1, -0.05) is 0 Å². The Morgan fingerprint density at radius 3 is 2.31 bits per heavy atom. The average Bonchev–Trinajstić information content (AvgIpc) is 1.98. The zero-order valence-electron chi connectivity index (χ0n) is 7.27. The number of aliphatic hydroxyl groups is 1. The molecule has 0 bridgehead atoms. The fraction of sp³-hybridized carbons (Fsp3) is 0.714. The van der Waals surface area contributed by atoms with Crippen LogP contribution in [-0.2, 0) is 20.5 Å². The highest BCUT2D eigenvalue weighted by Crippen LogP contribution is 1.99. The smallest absolute Gasteiger partial charge is 0.353 e. The minimum atomic E-state index is -1.37. The summed E-state index contributed by atoms with van der Waals surface area (Å²) >= 11 is 0. The average molecular weight is 209 g/mol. The molecule has 13 heavy (non-hydrogen) atoms.